The molecule has 0 aromatic carbocycles. The largest absolute Gasteiger partial charge is 0.298 e. The van der Waals surface area contributed by atoms with Gasteiger partial charge in [0.15, 0.2) is 0 Å². The lowest BCUT2D eigenvalue weighted by Gasteiger charge is -2.33. The zero-order chi connectivity index (χ0) is 13.0. The Balaban J connectivity index is 1.76. The molecule has 1 heterocycles. The summed E-state index contributed by atoms with van der Waals surface area (Å²) in [5.74, 6) is 1.57. The van der Waals surface area contributed by atoms with Gasteiger partial charge in [0, 0.05) is 17.8 Å². The Morgan fingerprint density at radius 3 is 2.61 bits per heavy atom. The summed E-state index contributed by atoms with van der Waals surface area (Å²) in [5.41, 5.74) is 0. The maximum absolute atomic E-state index is 12.3. The fourth-order valence-electron chi connectivity index (χ4n) is 3.35. The van der Waals surface area contributed by atoms with Crippen LogP contribution in [0.25, 0.3) is 0 Å². The van der Waals surface area contributed by atoms with Gasteiger partial charge in [0.2, 0.25) is 0 Å². The third kappa shape index (κ3) is 3.96. The van der Waals surface area contributed by atoms with E-state index in [9.17, 15) is 4.79 Å². The second-order valence-corrected chi connectivity index (χ2v) is 6.68. The predicted molar refractivity (Wildman–Crippen MR) is 76.1 cm³/mol. The molecule has 0 N–H and O–H groups in total. The fourth-order valence-corrected chi connectivity index (χ4v) is 3.60. The van der Waals surface area contributed by atoms with E-state index in [1.54, 1.807) is 0 Å². The van der Waals surface area contributed by atoms with Gasteiger partial charge in [-0.25, -0.2) is 0 Å². The molecule has 0 bridgehead atoms. The first-order valence-corrected chi connectivity index (χ1v) is 8.01. The molecule has 1 unspecified atom stereocenters. The normalized spacial score (nSPS) is 34.4. The summed E-state index contributed by atoms with van der Waals surface area (Å²) < 4.78 is 0. The number of likely N-dealkylation sites (tertiary alicyclic amines) is 1. The number of carbonyl (C=O) groups excluding carboxylic acids is 1. The number of hydrogen-bond donors (Lipinski definition) is 0. The standard InChI is InChI=1S/C15H26ClNO/c1-2-12-4-3-9-17(10-12)11-15(18)13-5-7-14(16)8-6-13/h12-14H,2-11H2,1H3. The molecule has 18 heavy (non-hydrogen) atoms. The molecule has 1 saturated heterocycles. The summed E-state index contributed by atoms with van der Waals surface area (Å²) in [7, 11) is 0. The van der Waals surface area contributed by atoms with Crippen LogP contribution in [-0.2, 0) is 4.79 Å². The Morgan fingerprint density at radius 2 is 1.94 bits per heavy atom. The summed E-state index contributed by atoms with van der Waals surface area (Å²) in [6.07, 6.45) is 7.93. The monoisotopic (exact) mass is 271 g/mol. The third-order valence-electron chi connectivity index (χ3n) is 4.67. The predicted octanol–water partition coefficient (Wildman–Crippen LogP) is 3.48. The Morgan fingerprint density at radius 1 is 1.22 bits per heavy atom. The lowest BCUT2D eigenvalue weighted by atomic mass is 9.85. The van der Waals surface area contributed by atoms with Crippen molar-refractivity contribution in [3.8, 4) is 0 Å². The maximum Gasteiger partial charge on any atom is 0.149 e. The highest BCUT2D eigenvalue weighted by molar-refractivity contribution is 6.20. The highest BCUT2D eigenvalue weighted by atomic mass is 35.5. The van der Waals surface area contributed by atoms with E-state index < -0.39 is 0 Å². The molecule has 0 radical (unpaired) electrons. The van der Waals surface area contributed by atoms with Crippen LogP contribution in [0, 0.1) is 11.8 Å². The summed E-state index contributed by atoms with van der Waals surface area (Å²) in [4.78, 5) is 14.7. The van der Waals surface area contributed by atoms with Gasteiger partial charge in [0.25, 0.3) is 0 Å². The van der Waals surface area contributed by atoms with Gasteiger partial charge in [-0.05, 0) is 51.0 Å². The van der Waals surface area contributed by atoms with Crippen LogP contribution in [0.3, 0.4) is 0 Å². The van der Waals surface area contributed by atoms with Crippen LogP contribution in [0.2, 0.25) is 0 Å². The number of ketones is 1. The molecule has 1 saturated carbocycles. The molecule has 2 rings (SSSR count). The highest BCUT2D eigenvalue weighted by Gasteiger charge is 2.27. The van der Waals surface area contributed by atoms with Gasteiger partial charge in [-0.3, -0.25) is 9.69 Å². The second kappa shape index (κ2) is 6.91. The van der Waals surface area contributed by atoms with Crippen molar-refractivity contribution in [2.24, 2.45) is 11.8 Å². The van der Waals surface area contributed by atoms with Gasteiger partial charge < -0.3 is 0 Å². The Kier molecular flexibility index (Phi) is 5.50. The van der Waals surface area contributed by atoms with Crippen LogP contribution in [-0.4, -0.2) is 35.7 Å². The van der Waals surface area contributed by atoms with E-state index in [1.165, 1.54) is 19.3 Å². The van der Waals surface area contributed by atoms with Crippen molar-refractivity contribution in [1.29, 1.82) is 0 Å². The van der Waals surface area contributed by atoms with E-state index in [0.717, 1.165) is 44.7 Å². The number of nitrogens with zero attached hydrogens (tertiary/aromatic N) is 1. The summed E-state index contributed by atoms with van der Waals surface area (Å²) in [6.45, 7) is 5.20. The number of hydrogen-bond acceptors (Lipinski definition) is 2. The van der Waals surface area contributed by atoms with Gasteiger partial charge in [0.05, 0.1) is 6.54 Å². The van der Waals surface area contributed by atoms with E-state index in [-0.39, 0.29) is 0 Å². The topological polar surface area (TPSA) is 20.3 Å². The van der Waals surface area contributed by atoms with Gasteiger partial charge in [-0.2, -0.15) is 0 Å². The van der Waals surface area contributed by atoms with Crippen molar-refractivity contribution >= 4 is 17.4 Å². The van der Waals surface area contributed by atoms with Gasteiger partial charge in [-0.15, -0.1) is 11.6 Å². The van der Waals surface area contributed by atoms with Crippen molar-refractivity contribution in [3.63, 3.8) is 0 Å². The molecule has 2 aliphatic rings. The van der Waals surface area contributed by atoms with Gasteiger partial charge in [-0.1, -0.05) is 13.3 Å². The van der Waals surface area contributed by atoms with Crippen LogP contribution < -0.4 is 0 Å². The maximum atomic E-state index is 12.3. The molecule has 3 heteroatoms. The number of rotatable bonds is 4. The van der Waals surface area contributed by atoms with Crippen LogP contribution in [0.15, 0.2) is 0 Å². The SMILES string of the molecule is CCC1CCCN(CC(=O)C2CCC(Cl)CC2)C1. The number of carbonyl (C=O) groups is 1. The summed E-state index contributed by atoms with van der Waals surface area (Å²) in [5, 5.41) is 0.313. The van der Waals surface area contributed by atoms with E-state index in [4.69, 9.17) is 11.6 Å². The minimum atomic E-state index is 0.294. The van der Waals surface area contributed by atoms with Gasteiger partial charge in [0.1, 0.15) is 5.78 Å². The first-order chi connectivity index (χ1) is 8.69. The fraction of sp³-hybridized carbons (Fsp3) is 0.933. The minimum Gasteiger partial charge on any atom is -0.298 e. The third-order valence-corrected chi connectivity index (χ3v) is 5.11. The number of piperidine rings is 1. The van der Waals surface area contributed by atoms with E-state index in [2.05, 4.69) is 11.8 Å². The zero-order valence-electron chi connectivity index (χ0n) is 11.5. The molecule has 0 spiro atoms. The first-order valence-electron chi connectivity index (χ1n) is 7.58. The molecule has 0 aromatic heterocycles. The van der Waals surface area contributed by atoms with E-state index in [0.29, 0.717) is 23.6 Å². The number of alkyl halides is 1. The average molecular weight is 272 g/mol. The Bertz CT molecular complexity index is 274. The number of halogens is 1. The second-order valence-electron chi connectivity index (χ2n) is 6.07. The summed E-state index contributed by atoms with van der Waals surface area (Å²) >= 11 is 6.09. The molecule has 0 aromatic rings. The van der Waals surface area contributed by atoms with Crippen molar-refractivity contribution in [1.82, 2.24) is 4.90 Å². The summed E-state index contributed by atoms with van der Waals surface area (Å²) in [6, 6.07) is 0. The van der Waals surface area contributed by atoms with Gasteiger partial charge >= 0.3 is 0 Å². The van der Waals surface area contributed by atoms with Crippen molar-refractivity contribution < 1.29 is 4.79 Å². The molecule has 2 nitrogen and oxygen atoms in total. The van der Waals surface area contributed by atoms with Crippen LogP contribution >= 0.6 is 11.6 Å². The van der Waals surface area contributed by atoms with Crippen molar-refractivity contribution in [2.45, 2.75) is 57.2 Å². The molecule has 2 fully saturated rings. The Hall–Kier alpha value is -0.0800. The van der Waals surface area contributed by atoms with E-state index in [1.807, 2.05) is 0 Å². The lowest BCUT2D eigenvalue weighted by Crippen LogP contribution is -2.40. The number of Topliss-reactive ketones (excluding diaryl/α,β-unsaturated/α-hetero) is 1. The average Bonchev–Trinajstić information content (AvgIpc) is 2.39. The first kappa shape index (κ1) is 14.3. The van der Waals surface area contributed by atoms with Crippen molar-refractivity contribution in [2.75, 3.05) is 19.6 Å². The van der Waals surface area contributed by atoms with Crippen LogP contribution in [0.5, 0.6) is 0 Å². The lowest BCUT2D eigenvalue weighted by molar-refractivity contribution is -0.125. The van der Waals surface area contributed by atoms with E-state index >= 15 is 0 Å². The molecule has 1 aliphatic carbocycles. The molecular weight excluding hydrogens is 246 g/mol. The minimum absolute atomic E-state index is 0.294. The molecule has 1 aliphatic heterocycles. The molecular formula is C15H26ClNO. The van der Waals surface area contributed by atoms with Crippen molar-refractivity contribution in [3.05, 3.63) is 0 Å². The highest BCUT2D eigenvalue weighted by Crippen LogP contribution is 2.29. The Labute approximate surface area is 116 Å². The van der Waals surface area contributed by atoms with Crippen LogP contribution in [0.4, 0.5) is 0 Å². The molecule has 104 valence electrons. The zero-order valence-corrected chi connectivity index (χ0v) is 12.3. The van der Waals surface area contributed by atoms with Crippen LogP contribution in [0.1, 0.15) is 51.9 Å². The smallest absolute Gasteiger partial charge is 0.149 e. The molecule has 1 atom stereocenters. The quantitative estimate of drug-likeness (QED) is 0.730. The molecule has 0 amide bonds.